The summed E-state index contributed by atoms with van der Waals surface area (Å²) >= 11 is 0. The Bertz CT molecular complexity index is 818. The van der Waals surface area contributed by atoms with Gasteiger partial charge in [0.05, 0.1) is 12.1 Å². The number of nitrogens with zero attached hydrogens (tertiary/aromatic N) is 1. The van der Waals surface area contributed by atoms with Crippen molar-refractivity contribution in [3.8, 4) is 5.75 Å². The molecule has 2 heterocycles. The third-order valence-corrected chi connectivity index (χ3v) is 5.96. The van der Waals surface area contributed by atoms with Crippen molar-refractivity contribution in [3.63, 3.8) is 0 Å². The van der Waals surface area contributed by atoms with Crippen LogP contribution in [0.2, 0.25) is 0 Å². The Balaban J connectivity index is 1.52. The van der Waals surface area contributed by atoms with E-state index in [1.54, 1.807) is 36.1 Å². The maximum absolute atomic E-state index is 12.1. The minimum Gasteiger partial charge on any atom is -0.489 e. The van der Waals surface area contributed by atoms with E-state index in [0.29, 0.717) is 30.8 Å². The van der Waals surface area contributed by atoms with Crippen LogP contribution in [-0.2, 0) is 17.0 Å². The molecule has 2 aliphatic rings. The second-order valence-electron chi connectivity index (χ2n) is 7.85. The molecule has 0 radical (unpaired) electrons. The Kier molecular flexibility index (Phi) is 4.44. The first-order chi connectivity index (χ1) is 12.9. The summed E-state index contributed by atoms with van der Waals surface area (Å²) in [4.78, 5) is 13.8. The van der Waals surface area contributed by atoms with Crippen molar-refractivity contribution in [2.24, 2.45) is 0 Å². The van der Waals surface area contributed by atoms with Gasteiger partial charge in [-0.25, -0.2) is 0 Å². The summed E-state index contributed by atoms with van der Waals surface area (Å²) in [5, 5.41) is 22.3. The number of carbonyl (C=O) groups is 1. The summed E-state index contributed by atoms with van der Waals surface area (Å²) < 4.78 is 5.80. The minimum atomic E-state index is -1.50. The quantitative estimate of drug-likeness (QED) is 0.872. The predicted octanol–water partition coefficient (Wildman–Crippen LogP) is 2.60. The first-order valence-electron chi connectivity index (χ1n) is 9.40. The van der Waals surface area contributed by atoms with E-state index in [1.165, 1.54) is 0 Å². The smallest absolute Gasteiger partial charge is 0.223 e. The fraction of sp³-hybridized carbons (Fsp3) is 0.409. The van der Waals surface area contributed by atoms with Gasteiger partial charge in [-0.15, -0.1) is 0 Å². The van der Waals surface area contributed by atoms with Crippen molar-refractivity contribution in [1.82, 2.24) is 4.90 Å². The van der Waals surface area contributed by atoms with E-state index in [4.69, 9.17) is 4.74 Å². The van der Waals surface area contributed by atoms with E-state index in [1.807, 2.05) is 30.3 Å². The third-order valence-electron chi connectivity index (χ3n) is 5.96. The summed E-state index contributed by atoms with van der Waals surface area (Å²) in [5.41, 5.74) is -1.13. The Morgan fingerprint density at radius 3 is 2.52 bits per heavy atom. The number of rotatable bonds is 4. The average Bonchev–Trinajstić information content (AvgIpc) is 3.00. The molecular formula is C22H25NO4. The number of aliphatic hydroxyl groups is 2. The molecule has 27 heavy (non-hydrogen) atoms. The lowest BCUT2D eigenvalue weighted by atomic mass is 9.72. The first kappa shape index (κ1) is 18.0. The zero-order valence-electron chi connectivity index (χ0n) is 15.5. The fourth-order valence-corrected chi connectivity index (χ4v) is 4.24. The van der Waals surface area contributed by atoms with Crippen LogP contribution in [0.15, 0.2) is 54.6 Å². The van der Waals surface area contributed by atoms with Crippen molar-refractivity contribution in [2.75, 3.05) is 6.54 Å². The summed E-state index contributed by atoms with van der Waals surface area (Å²) in [7, 11) is 0. The molecule has 2 aromatic carbocycles. The third kappa shape index (κ3) is 3.22. The van der Waals surface area contributed by atoms with Crippen LogP contribution >= 0.6 is 0 Å². The molecular weight excluding hydrogens is 342 g/mol. The highest BCUT2D eigenvalue weighted by atomic mass is 16.5. The van der Waals surface area contributed by atoms with Crippen molar-refractivity contribution < 1.29 is 19.7 Å². The Labute approximate surface area is 159 Å². The van der Waals surface area contributed by atoms with E-state index in [2.05, 4.69) is 0 Å². The van der Waals surface area contributed by atoms with Gasteiger partial charge in [0.2, 0.25) is 5.91 Å². The molecule has 3 atom stereocenters. The van der Waals surface area contributed by atoms with Gasteiger partial charge in [-0.1, -0.05) is 42.5 Å². The molecule has 2 saturated heterocycles. The molecule has 0 unspecified atom stereocenters. The summed E-state index contributed by atoms with van der Waals surface area (Å²) in [5.74, 6) is 0.744. The molecule has 0 saturated carbocycles. The number of hydrogen-bond acceptors (Lipinski definition) is 4. The highest BCUT2D eigenvalue weighted by Gasteiger charge is 2.56. The van der Waals surface area contributed by atoms with Gasteiger partial charge in [0.15, 0.2) is 0 Å². The van der Waals surface area contributed by atoms with Gasteiger partial charge in [0.25, 0.3) is 0 Å². The van der Waals surface area contributed by atoms with E-state index >= 15 is 0 Å². The van der Waals surface area contributed by atoms with Crippen LogP contribution in [0.25, 0.3) is 0 Å². The monoisotopic (exact) mass is 367 g/mol. The summed E-state index contributed by atoms with van der Waals surface area (Å²) in [6, 6.07) is 17.1. The van der Waals surface area contributed by atoms with Gasteiger partial charge in [-0.3, -0.25) is 4.79 Å². The molecule has 1 amide bonds. The maximum Gasteiger partial charge on any atom is 0.223 e. The normalized spacial score (nSPS) is 30.3. The molecule has 2 aromatic rings. The molecule has 2 aliphatic heterocycles. The number of hydrogen-bond donors (Lipinski definition) is 2. The van der Waals surface area contributed by atoms with Gasteiger partial charge < -0.3 is 19.8 Å². The summed E-state index contributed by atoms with van der Waals surface area (Å²) in [6.07, 6.45) is 1.61. The zero-order chi connectivity index (χ0) is 19.1. The molecule has 5 nitrogen and oxygen atoms in total. The second kappa shape index (κ2) is 6.66. The van der Waals surface area contributed by atoms with Gasteiger partial charge >= 0.3 is 0 Å². The minimum absolute atomic E-state index is 0.0150. The lowest BCUT2D eigenvalue weighted by Crippen LogP contribution is -2.63. The van der Waals surface area contributed by atoms with Gasteiger partial charge in [0, 0.05) is 12.5 Å². The van der Waals surface area contributed by atoms with Crippen LogP contribution in [-0.4, -0.2) is 39.2 Å². The summed E-state index contributed by atoms with van der Waals surface area (Å²) in [6.45, 7) is 2.24. The fourth-order valence-electron chi connectivity index (χ4n) is 4.24. The zero-order valence-corrected chi connectivity index (χ0v) is 15.5. The SMILES string of the molecule is C[C@@]1(O)C[C@@H]2CCC(=O)N2C[C@@]1(O)c1ccc(OCc2ccccc2)cc1. The molecule has 2 fully saturated rings. The lowest BCUT2D eigenvalue weighted by molar-refractivity contribution is -0.197. The lowest BCUT2D eigenvalue weighted by Gasteiger charge is -2.50. The molecule has 4 rings (SSSR count). The standard InChI is InChI=1S/C22H25NO4/c1-21(25)13-18-9-12-20(24)23(18)15-22(21,26)17-7-10-19(11-8-17)27-14-16-5-3-2-4-6-16/h2-8,10-11,18,25-26H,9,12-15H2,1H3/t18-,21+,22+/m0/s1. The van der Waals surface area contributed by atoms with E-state index in [-0.39, 0.29) is 18.5 Å². The number of piperidine rings is 1. The van der Waals surface area contributed by atoms with Crippen molar-refractivity contribution >= 4 is 5.91 Å². The van der Waals surface area contributed by atoms with E-state index in [0.717, 1.165) is 12.0 Å². The number of benzene rings is 2. The number of amides is 1. The molecule has 5 heteroatoms. The van der Waals surface area contributed by atoms with Crippen LogP contribution in [0.4, 0.5) is 0 Å². The molecule has 2 N–H and O–H groups in total. The highest BCUT2D eigenvalue weighted by molar-refractivity contribution is 5.79. The van der Waals surface area contributed by atoms with Crippen molar-refractivity contribution in [3.05, 3.63) is 65.7 Å². The van der Waals surface area contributed by atoms with Crippen LogP contribution in [0.3, 0.4) is 0 Å². The van der Waals surface area contributed by atoms with Crippen LogP contribution < -0.4 is 4.74 Å². The Hall–Kier alpha value is -2.37. The Morgan fingerprint density at radius 1 is 1.11 bits per heavy atom. The molecule has 0 aliphatic carbocycles. The topological polar surface area (TPSA) is 70.0 Å². The Morgan fingerprint density at radius 2 is 1.81 bits per heavy atom. The number of carbonyl (C=O) groups excluding carboxylic acids is 1. The van der Waals surface area contributed by atoms with Crippen molar-refractivity contribution in [2.45, 2.75) is 50.0 Å². The maximum atomic E-state index is 12.1. The van der Waals surface area contributed by atoms with Gasteiger partial charge in [-0.05, 0) is 43.0 Å². The number of fused-ring (bicyclic) bond motifs is 1. The van der Waals surface area contributed by atoms with Crippen molar-refractivity contribution in [1.29, 1.82) is 0 Å². The highest BCUT2D eigenvalue weighted by Crippen LogP contribution is 2.45. The molecule has 142 valence electrons. The second-order valence-corrected chi connectivity index (χ2v) is 7.85. The molecule has 0 aromatic heterocycles. The van der Waals surface area contributed by atoms with Gasteiger partial charge in [-0.2, -0.15) is 0 Å². The largest absolute Gasteiger partial charge is 0.489 e. The molecule has 0 bridgehead atoms. The predicted molar refractivity (Wildman–Crippen MR) is 101 cm³/mol. The van der Waals surface area contributed by atoms with Gasteiger partial charge in [0.1, 0.15) is 18.0 Å². The number of ether oxygens (including phenoxy) is 1. The average molecular weight is 367 g/mol. The van der Waals surface area contributed by atoms with Crippen LogP contribution in [0.1, 0.15) is 37.3 Å². The van der Waals surface area contributed by atoms with Crippen LogP contribution in [0.5, 0.6) is 5.75 Å². The first-order valence-corrected chi connectivity index (χ1v) is 9.40. The van der Waals surface area contributed by atoms with Crippen LogP contribution in [0, 0.1) is 0 Å². The van der Waals surface area contributed by atoms with E-state index < -0.39 is 11.2 Å². The molecule has 0 spiro atoms. The van der Waals surface area contributed by atoms with E-state index in [9.17, 15) is 15.0 Å².